The molecule has 2 aliphatic rings. The van der Waals surface area contributed by atoms with Crippen LogP contribution in [-0.4, -0.2) is 5.78 Å². The maximum Gasteiger partial charge on any atom is 0.136 e. The summed E-state index contributed by atoms with van der Waals surface area (Å²) < 4.78 is 0. The van der Waals surface area contributed by atoms with Crippen LogP contribution in [0.25, 0.3) is 0 Å². The molecule has 1 nitrogen and oxygen atoms in total. The van der Waals surface area contributed by atoms with Gasteiger partial charge in [0.15, 0.2) is 0 Å². The fourth-order valence-corrected chi connectivity index (χ4v) is 3.72. The van der Waals surface area contributed by atoms with Gasteiger partial charge in [-0.05, 0) is 37.0 Å². The number of carbonyl (C=O) groups is 1. The maximum atomic E-state index is 11.6. The number of hydrogen-bond acceptors (Lipinski definition) is 1. The van der Waals surface area contributed by atoms with Crippen LogP contribution in [0, 0.1) is 17.3 Å². The lowest BCUT2D eigenvalue weighted by atomic mass is 9.73. The number of carbonyl (C=O) groups excluding carboxylic acids is 1. The Morgan fingerprint density at radius 1 is 1.33 bits per heavy atom. The van der Waals surface area contributed by atoms with Gasteiger partial charge in [0.05, 0.1) is 0 Å². The average Bonchev–Trinajstić information content (AvgIpc) is 2.56. The fraction of sp³-hybridized carbons (Fsp3) is 0.909. The van der Waals surface area contributed by atoms with Crippen LogP contribution < -0.4 is 0 Å². The molecule has 0 radical (unpaired) electrons. The summed E-state index contributed by atoms with van der Waals surface area (Å²) in [5.74, 6) is 1.75. The van der Waals surface area contributed by atoms with Crippen molar-refractivity contribution in [2.24, 2.45) is 17.3 Å². The molecule has 0 aromatic carbocycles. The lowest BCUT2D eigenvalue weighted by Gasteiger charge is -2.30. The lowest BCUT2D eigenvalue weighted by Crippen LogP contribution is -2.25. The normalized spacial score (nSPS) is 37.7. The molecule has 12 heavy (non-hydrogen) atoms. The van der Waals surface area contributed by atoms with Crippen molar-refractivity contribution in [3.05, 3.63) is 0 Å². The van der Waals surface area contributed by atoms with Gasteiger partial charge in [0.1, 0.15) is 5.78 Å². The summed E-state index contributed by atoms with van der Waals surface area (Å²) in [4.78, 5) is 11.6. The molecule has 0 heterocycles. The van der Waals surface area contributed by atoms with Crippen LogP contribution in [0.3, 0.4) is 0 Å². The molecule has 68 valence electrons. The Morgan fingerprint density at radius 3 is 2.25 bits per heavy atom. The third-order valence-electron chi connectivity index (χ3n) is 4.46. The Hall–Kier alpha value is -0.330. The standard InChI is InChI=1S/C11H18O/c1-3-11(4-2)8-5-6-9(11)10(12)7-8/h8-9H,3-7H2,1-2H3/t8-,9-/m0/s1. The minimum absolute atomic E-state index is 0.428. The van der Waals surface area contributed by atoms with E-state index in [1.54, 1.807) is 0 Å². The van der Waals surface area contributed by atoms with E-state index in [1.807, 2.05) is 0 Å². The second-order valence-corrected chi connectivity index (χ2v) is 4.44. The van der Waals surface area contributed by atoms with Gasteiger partial charge in [-0.2, -0.15) is 0 Å². The first-order valence-electron chi connectivity index (χ1n) is 5.27. The molecular formula is C11H18O. The third-order valence-corrected chi connectivity index (χ3v) is 4.46. The molecule has 0 aromatic heterocycles. The fourth-order valence-electron chi connectivity index (χ4n) is 3.72. The summed E-state index contributed by atoms with van der Waals surface area (Å²) in [6.45, 7) is 4.51. The van der Waals surface area contributed by atoms with E-state index in [9.17, 15) is 4.79 Å². The Kier molecular flexibility index (Phi) is 1.78. The third kappa shape index (κ3) is 0.773. The molecule has 0 amide bonds. The average molecular weight is 166 g/mol. The second kappa shape index (κ2) is 2.58. The van der Waals surface area contributed by atoms with Crippen LogP contribution in [0.2, 0.25) is 0 Å². The Morgan fingerprint density at radius 2 is 2.00 bits per heavy atom. The highest BCUT2D eigenvalue weighted by atomic mass is 16.1. The summed E-state index contributed by atoms with van der Waals surface area (Å²) in [6, 6.07) is 0. The zero-order chi connectivity index (χ0) is 8.77. The summed E-state index contributed by atoms with van der Waals surface area (Å²) in [7, 11) is 0. The van der Waals surface area contributed by atoms with E-state index >= 15 is 0 Å². The van der Waals surface area contributed by atoms with Crippen LogP contribution >= 0.6 is 0 Å². The largest absolute Gasteiger partial charge is 0.299 e. The van der Waals surface area contributed by atoms with Crippen LogP contribution in [0.15, 0.2) is 0 Å². The summed E-state index contributed by atoms with van der Waals surface area (Å²) in [5, 5.41) is 0. The molecule has 2 rings (SSSR count). The van der Waals surface area contributed by atoms with E-state index < -0.39 is 0 Å². The Bertz CT molecular complexity index is 203. The van der Waals surface area contributed by atoms with Gasteiger partial charge in [0, 0.05) is 12.3 Å². The Balaban J connectivity index is 2.32. The van der Waals surface area contributed by atoms with Gasteiger partial charge in [0.25, 0.3) is 0 Å². The highest BCUT2D eigenvalue weighted by Crippen LogP contribution is 2.59. The van der Waals surface area contributed by atoms with Crippen molar-refractivity contribution in [3.63, 3.8) is 0 Å². The van der Waals surface area contributed by atoms with Gasteiger partial charge in [0.2, 0.25) is 0 Å². The molecule has 0 spiro atoms. The number of Topliss-reactive ketones (excluding diaryl/α,β-unsaturated/α-hetero) is 1. The van der Waals surface area contributed by atoms with E-state index in [0.29, 0.717) is 17.1 Å². The van der Waals surface area contributed by atoms with Crippen molar-refractivity contribution < 1.29 is 4.79 Å². The van der Waals surface area contributed by atoms with E-state index in [-0.39, 0.29) is 0 Å². The van der Waals surface area contributed by atoms with Crippen molar-refractivity contribution in [3.8, 4) is 0 Å². The van der Waals surface area contributed by atoms with Gasteiger partial charge in [-0.1, -0.05) is 13.8 Å². The van der Waals surface area contributed by atoms with Gasteiger partial charge in [-0.25, -0.2) is 0 Å². The number of ketones is 1. The van der Waals surface area contributed by atoms with Crippen molar-refractivity contribution >= 4 is 5.78 Å². The molecule has 0 N–H and O–H groups in total. The molecule has 0 saturated heterocycles. The minimum Gasteiger partial charge on any atom is -0.299 e. The second-order valence-electron chi connectivity index (χ2n) is 4.44. The van der Waals surface area contributed by atoms with Crippen LogP contribution in [0.4, 0.5) is 0 Å². The predicted molar refractivity (Wildman–Crippen MR) is 48.9 cm³/mol. The maximum absolute atomic E-state index is 11.6. The van der Waals surface area contributed by atoms with Crippen LogP contribution in [0.5, 0.6) is 0 Å². The van der Waals surface area contributed by atoms with E-state index in [0.717, 1.165) is 12.3 Å². The van der Waals surface area contributed by atoms with Crippen molar-refractivity contribution in [2.45, 2.75) is 46.0 Å². The van der Waals surface area contributed by atoms with Crippen LogP contribution in [-0.2, 0) is 4.79 Å². The van der Waals surface area contributed by atoms with Crippen molar-refractivity contribution in [1.82, 2.24) is 0 Å². The summed E-state index contributed by atoms with van der Waals surface area (Å²) >= 11 is 0. The van der Waals surface area contributed by atoms with Gasteiger partial charge in [-0.15, -0.1) is 0 Å². The van der Waals surface area contributed by atoms with E-state index in [4.69, 9.17) is 0 Å². The van der Waals surface area contributed by atoms with Gasteiger partial charge >= 0.3 is 0 Å². The first-order valence-corrected chi connectivity index (χ1v) is 5.27. The molecule has 2 saturated carbocycles. The zero-order valence-electron chi connectivity index (χ0n) is 8.10. The van der Waals surface area contributed by atoms with E-state index in [2.05, 4.69) is 13.8 Å². The smallest absolute Gasteiger partial charge is 0.136 e. The SMILES string of the molecule is CCC1(CC)[C@H]2CC[C@H]1C(=O)C2. The molecule has 2 aliphatic carbocycles. The topological polar surface area (TPSA) is 17.1 Å². The monoisotopic (exact) mass is 166 g/mol. The van der Waals surface area contributed by atoms with Gasteiger partial charge < -0.3 is 0 Å². The number of hydrogen-bond donors (Lipinski definition) is 0. The molecule has 2 atom stereocenters. The number of rotatable bonds is 2. The van der Waals surface area contributed by atoms with E-state index in [1.165, 1.54) is 25.7 Å². The first-order chi connectivity index (χ1) is 5.74. The molecule has 0 aromatic rings. The highest BCUT2D eigenvalue weighted by Gasteiger charge is 2.56. The zero-order valence-corrected chi connectivity index (χ0v) is 8.10. The van der Waals surface area contributed by atoms with Crippen molar-refractivity contribution in [2.75, 3.05) is 0 Å². The molecular weight excluding hydrogens is 148 g/mol. The molecule has 2 bridgehead atoms. The van der Waals surface area contributed by atoms with Crippen molar-refractivity contribution in [1.29, 1.82) is 0 Å². The van der Waals surface area contributed by atoms with Gasteiger partial charge in [-0.3, -0.25) is 4.79 Å². The highest BCUT2D eigenvalue weighted by molar-refractivity contribution is 5.85. The summed E-state index contributed by atoms with van der Waals surface area (Å²) in [6.07, 6.45) is 5.82. The molecule has 0 aliphatic heterocycles. The number of fused-ring (bicyclic) bond motifs is 2. The predicted octanol–water partition coefficient (Wildman–Crippen LogP) is 2.79. The first kappa shape index (κ1) is 8.28. The summed E-state index contributed by atoms with van der Waals surface area (Å²) in [5.41, 5.74) is 0.428. The Labute approximate surface area is 74.5 Å². The molecule has 0 unspecified atom stereocenters. The minimum atomic E-state index is 0.428. The van der Waals surface area contributed by atoms with Crippen LogP contribution in [0.1, 0.15) is 46.0 Å². The lowest BCUT2D eigenvalue weighted by molar-refractivity contribution is -0.122. The molecule has 2 fully saturated rings. The molecule has 1 heteroatoms. The quantitative estimate of drug-likeness (QED) is 0.616.